The Hall–Kier alpha value is -1.72. The highest BCUT2D eigenvalue weighted by molar-refractivity contribution is 6.31. The van der Waals surface area contributed by atoms with Gasteiger partial charge in [-0.05, 0) is 37.0 Å². The molecule has 1 saturated heterocycles. The topological polar surface area (TPSA) is 50.2 Å². The first-order chi connectivity index (χ1) is 11.6. The Morgan fingerprint density at radius 3 is 2.67 bits per heavy atom. The lowest BCUT2D eigenvalue weighted by molar-refractivity contribution is 0.180. The number of urea groups is 1. The van der Waals surface area contributed by atoms with Crippen LogP contribution in [0.1, 0.15) is 31.4 Å². The summed E-state index contributed by atoms with van der Waals surface area (Å²) in [5.74, 6) is 0. The number of aromatic nitrogens is 2. The molecule has 1 N–H and O–H groups in total. The summed E-state index contributed by atoms with van der Waals surface area (Å²) in [7, 11) is 0. The van der Waals surface area contributed by atoms with Crippen LogP contribution in [0.2, 0.25) is 10.0 Å². The smallest absolute Gasteiger partial charge is 0.321 e. The van der Waals surface area contributed by atoms with E-state index in [-0.39, 0.29) is 6.03 Å². The van der Waals surface area contributed by atoms with E-state index in [0.717, 1.165) is 30.5 Å². The van der Waals surface area contributed by atoms with Gasteiger partial charge >= 0.3 is 6.03 Å². The van der Waals surface area contributed by atoms with Gasteiger partial charge in [0.1, 0.15) is 0 Å². The van der Waals surface area contributed by atoms with Crippen molar-refractivity contribution < 1.29 is 4.79 Å². The van der Waals surface area contributed by atoms with Gasteiger partial charge in [-0.3, -0.25) is 4.68 Å². The van der Waals surface area contributed by atoms with Crippen LogP contribution >= 0.6 is 23.2 Å². The molecule has 0 unspecified atom stereocenters. The molecule has 2 aromatic rings. The van der Waals surface area contributed by atoms with Crippen LogP contribution in [-0.2, 0) is 6.42 Å². The van der Waals surface area contributed by atoms with Crippen molar-refractivity contribution in [2.24, 2.45) is 0 Å². The average Bonchev–Trinajstić information content (AvgIpc) is 3.02. The Labute approximate surface area is 151 Å². The molecule has 0 saturated carbocycles. The van der Waals surface area contributed by atoms with Gasteiger partial charge in [-0.2, -0.15) is 5.10 Å². The number of rotatable bonds is 3. The molecule has 1 aromatic carbocycles. The fourth-order valence-corrected chi connectivity index (χ4v) is 3.42. The van der Waals surface area contributed by atoms with Crippen molar-refractivity contribution in [1.29, 1.82) is 0 Å². The zero-order valence-corrected chi connectivity index (χ0v) is 15.0. The molecular weight excluding hydrogens is 347 g/mol. The summed E-state index contributed by atoms with van der Waals surface area (Å²) >= 11 is 12.1. The van der Waals surface area contributed by atoms with Gasteiger partial charge in [-0.15, -0.1) is 0 Å². The third kappa shape index (κ3) is 3.84. The van der Waals surface area contributed by atoms with Crippen molar-refractivity contribution in [3.05, 3.63) is 46.2 Å². The summed E-state index contributed by atoms with van der Waals surface area (Å²) in [5.41, 5.74) is 1.80. The van der Waals surface area contributed by atoms with Crippen LogP contribution in [0.15, 0.2) is 30.6 Å². The summed E-state index contributed by atoms with van der Waals surface area (Å²) in [6, 6.07) is 5.84. The van der Waals surface area contributed by atoms with E-state index in [0.29, 0.717) is 29.2 Å². The van der Waals surface area contributed by atoms with Crippen LogP contribution < -0.4 is 5.32 Å². The monoisotopic (exact) mass is 366 g/mol. The number of benzene rings is 1. The van der Waals surface area contributed by atoms with Crippen LogP contribution in [-0.4, -0.2) is 33.8 Å². The lowest BCUT2D eigenvalue weighted by Gasteiger charge is -2.32. The van der Waals surface area contributed by atoms with E-state index in [2.05, 4.69) is 17.3 Å². The van der Waals surface area contributed by atoms with Gasteiger partial charge < -0.3 is 10.2 Å². The van der Waals surface area contributed by atoms with E-state index in [1.165, 1.54) is 0 Å². The van der Waals surface area contributed by atoms with Crippen molar-refractivity contribution in [3.63, 3.8) is 0 Å². The average molecular weight is 367 g/mol. The number of likely N-dealkylation sites (tertiary alicyclic amines) is 1. The molecule has 2 amide bonds. The van der Waals surface area contributed by atoms with Crippen LogP contribution in [0.25, 0.3) is 0 Å². The largest absolute Gasteiger partial charge is 0.324 e. The van der Waals surface area contributed by atoms with Gasteiger partial charge in [-0.25, -0.2) is 4.79 Å². The molecule has 128 valence electrons. The number of nitrogens with zero attached hydrogens (tertiary/aromatic N) is 3. The number of carbonyl (C=O) groups is 1. The number of anilines is 1. The molecule has 0 bridgehead atoms. The lowest BCUT2D eigenvalue weighted by Crippen LogP contribution is -2.41. The molecule has 2 heterocycles. The van der Waals surface area contributed by atoms with Gasteiger partial charge in [0.05, 0.1) is 17.3 Å². The molecule has 1 aliphatic rings. The molecule has 0 spiro atoms. The Balaban J connectivity index is 1.56. The highest BCUT2D eigenvalue weighted by Gasteiger charge is 2.24. The normalized spacial score (nSPS) is 15.5. The number of aryl methyl sites for hydroxylation is 1. The molecule has 0 atom stereocenters. The first kappa shape index (κ1) is 17.1. The zero-order valence-electron chi connectivity index (χ0n) is 13.5. The molecule has 1 aliphatic heterocycles. The van der Waals surface area contributed by atoms with E-state index in [1.807, 2.05) is 27.9 Å². The van der Waals surface area contributed by atoms with Gasteiger partial charge in [0.25, 0.3) is 0 Å². The van der Waals surface area contributed by atoms with Crippen molar-refractivity contribution in [1.82, 2.24) is 14.7 Å². The van der Waals surface area contributed by atoms with E-state index in [4.69, 9.17) is 23.2 Å². The summed E-state index contributed by atoms with van der Waals surface area (Å²) in [5, 5.41) is 8.50. The zero-order chi connectivity index (χ0) is 17.1. The number of hydrogen-bond acceptors (Lipinski definition) is 2. The standard InChI is InChI=1S/C17H20Cl2N4O/c1-2-12-3-4-14(9-16(12)19)21-17(24)22-7-5-15(6-8-22)23-11-13(18)10-20-23/h3-4,9-11,15H,2,5-8H2,1H3,(H,21,24). The molecule has 0 aliphatic carbocycles. The number of amides is 2. The third-order valence-corrected chi connectivity index (χ3v) is 4.93. The van der Waals surface area contributed by atoms with Crippen LogP contribution in [0.5, 0.6) is 0 Å². The quantitative estimate of drug-likeness (QED) is 0.861. The third-order valence-electron chi connectivity index (χ3n) is 4.38. The SMILES string of the molecule is CCc1ccc(NC(=O)N2CCC(n3cc(Cl)cn3)CC2)cc1Cl. The molecular formula is C17H20Cl2N4O. The van der Waals surface area contributed by atoms with E-state index >= 15 is 0 Å². The maximum Gasteiger partial charge on any atom is 0.321 e. The van der Waals surface area contributed by atoms with Crippen molar-refractivity contribution in [2.45, 2.75) is 32.2 Å². The molecule has 1 fully saturated rings. The summed E-state index contributed by atoms with van der Waals surface area (Å²) in [6.07, 6.45) is 6.07. The summed E-state index contributed by atoms with van der Waals surface area (Å²) < 4.78 is 1.89. The molecule has 24 heavy (non-hydrogen) atoms. The second-order valence-electron chi connectivity index (χ2n) is 5.95. The second-order valence-corrected chi connectivity index (χ2v) is 6.79. The van der Waals surface area contributed by atoms with E-state index < -0.39 is 0 Å². The second kappa shape index (κ2) is 7.45. The molecule has 3 rings (SSSR count). The fourth-order valence-electron chi connectivity index (χ4n) is 2.96. The summed E-state index contributed by atoms with van der Waals surface area (Å²) in [6.45, 7) is 3.43. The van der Waals surface area contributed by atoms with E-state index in [9.17, 15) is 4.79 Å². The minimum Gasteiger partial charge on any atom is -0.324 e. The van der Waals surface area contributed by atoms with Crippen LogP contribution in [0.3, 0.4) is 0 Å². The minimum atomic E-state index is -0.0905. The number of piperidine rings is 1. The number of carbonyl (C=O) groups excluding carboxylic acids is 1. The van der Waals surface area contributed by atoms with Gasteiger partial charge in [0, 0.05) is 30.0 Å². The number of hydrogen-bond donors (Lipinski definition) is 1. The van der Waals surface area contributed by atoms with Gasteiger partial charge in [0.15, 0.2) is 0 Å². The molecule has 0 radical (unpaired) electrons. The lowest BCUT2D eigenvalue weighted by atomic mass is 10.1. The van der Waals surface area contributed by atoms with Crippen molar-refractivity contribution in [2.75, 3.05) is 18.4 Å². The first-order valence-electron chi connectivity index (χ1n) is 8.11. The highest BCUT2D eigenvalue weighted by Crippen LogP contribution is 2.25. The van der Waals surface area contributed by atoms with Gasteiger partial charge in [-0.1, -0.05) is 36.2 Å². The molecule has 1 aromatic heterocycles. The highest BCUT2D eigenvalue weighted by atomic mass is 35.5. The fraction of sp³-hybridized carbons (Fsp3) is 0.412. The molecule has 7 heteroatoms. The minimum absolute atomic E-state index is 0.0905. The predicted molar refractivity (Wildman–Crippen MR) is 96.9 cm³/mol. The van der Waals surface area contributed by atoms with E-state index in [1.54, 1.807) is 12.3 Å². The Morgan fingerprint density at radius 2 is 2.08 bits per heavy atom. The Kier molecular flexibility index (Phi) is 5.31. The maximum atomic E-state index is 12.4. The van der Waals surface area contributed by atoms with Crippen LogP contribution in [0, 0.1) is 0 Å². The predicted octanol–water partition coefficient (Wildman–Crippen LogP) is 4.62. The van der Waals surface area contributed by atoms with Crippen LogP contribution in [0.4, 0.5) is 10.5 Å². The summed E-state index contributed by atoms with van der Waals surface area (Å²) in [4.78, 5) is 14.2. The Morgan fingerprint density at radius 1 is 1.33 bits per heavy atom. The molecule has 5 nitrogen and oxygen atoms in total. The first-order valence-corrected chi connectivity index (χ1v) is 8.86. The van der Waals surface area contributed by atoms with Gasteiger partial charge in [0.2, 0.25) is 0 Å². The number of halogens is 2. The van der Waals surface area contributed by atoms with Crippen molar-refractivity contribution in [3.8, 4) is 0 Å². The Bertz CT molecular complexity index is 723. The number of nitrogens with one attached hydrogen (secondary N) is 1. The van der Waals surface area contributed by atoms with Crippen molar-refractivity contribution >= 4 is 34.9 Å². The maximum absolute atomic E-state index is 12.4.